The average molecular weight is 300 g/mol. The Bertz CT molecular complexity index is 599. The van der Waals surface area contributed by atoms with E-state index in [0.29, 0.717) is 5.92 Å². The summed E-state index contributed by atoms with van der Waals surface area (Å²) in [5.41, 5.74) is 2.05. The number of nitrogens with one attached hydrogen (secondary N) is 1. The maximum atomic E-state index is 12.3. The van der Waals surface area contributed by atoms with Crippen LogP contribution in [0.15, 0.2) is 53.7 Å². The molecule has 1 aromatic carbocycles. The minimum atomic E-state index is -0.194. The molecule has 0 spiro atoms. The van der Waals surface area contributed by atoms with Gasteiger partial charge in [-0.1, -0.05) is 49.9 Å². The quantitative estimate of drug-likeness (QED) is 0.836. The van der Waals surface area contributed by atoms with E-state index in [-0.39, 0.29) is 11.2 Å². The summed E-state index contributed by atoms with van der Waals surface area (Å²) in [6, 6.07) is 13.6. The van der Waals surface area contributed by atoms with Crippen molar-refractivity contribution in [1.82, 2.24) is 4.98 Å². The maximum Gasteiger partial charge on any atom is 0.237 e. The second-order valence-corrected chi connectivity index (χ2v) is 6.52. The van der Waals surface area contributed by atoms with Gasteiger partial charge in [-0.3, -0.25) is 4.79 Å². The first-order valence-corrected chi connectivity index (χ1v) is 7.93. The van der Waals surface area contributed by atoms with Crippen LogP contribution in [0.1, 0.15) is 32.3 Å². The molecule has 1 amide bonds. The Labute approximate surface area is 130 Å². The van der Waals surface area contributed by atoms with Gasteiger partial charge in [-0.05, 0) is 36.6 Å². The van der Waals surface area contributed by atoms with Gasteiger partial charge in [0.25, 0.3) is 0 Å². The highest BCUT2D eigenvalue weighted by atomic mass is 32.2. The Morgan fingerprint density at radius 2 is 1.81 bits per heavy atom. The van der Waals surface area contributed by atoms with E-state index in [9.17, 15) is 4.79 Å². The summed E-state index contributed by atoms with van der Waals surface area (Å²) in [5.74, 6) is 0.374. The molecule has 4 heteroatoms. The molecule has 0 aliphatic carbocycles. The molecule has 0 aliphatic heterocycles. The molecule has 0 radical (unpaired) electrons. The van der Waals surface area contributed by atoms with Crippen LogP contribution in [0.5, 0.6) is 0 Å². The van der Waals surface area contributed by atoms with Crippen LogP contribution in [0.4, 0.5) is 5.69 Å². The van der Waals surface area contributed by atoms with Crippen LogP contribution in [0, 0.1) is 0 Å². The standard InChI is InChI=1S/C17H20N2OS/c1-12(2)14-8-4-5-9-15(14)19-17(20)13(3)21-16-10-6-7-11-18-16/h4-13H,1-3H3,(H,19,20). The number of para-hydroxylation sites is 1. The molecule has 110 valence electrons. The number of benzene rings is 1. The minimum absolute atomic E-state index is 0.00115. The second-order valence-electron chi connectivity index (χ2n) is 5.16. The Kier molecular flexibility index (Phi) is 5.39. The number of hydrogen-bond donors (Lipinski definition) is 1. The van der Waals surface area contributed by atoms with Crippen molar-refractivity contribution in [1.29, 1.82) is 0 Å². The highest BCUT2D eigenvalue weighted by molar-refractivity contribution is 8.00. The fourth-order valence-corrected chi connectivity index (χ4v) is 2.81. The van der Waals surface area contributed by atoms with Gasteiger partial charge >= 0.3 is 0 Å². The number of pyridine rings is 1. The molecule has 2 aromatic rings. The average Bonchev–Trinajstić information content (AvgIpc) is 2.48. The van der Waals surface area contributed by atoms with Crippen molar-refractivity contribution in [2.45, 2.75) is 37.0 Å². The summed E-state index contributed by atoms with van der Waals surface area (Å²) in [4.78, 5) is 16.6. The molecule has 0 saturated carbocycles. The summed E-state index contributed by atoms with van der Waals surface area (Å²) in [7, 11) is 0. The molecular weight excluding hydrogens is 280 g/mol. The van der Waals surface area contributed by atoms with Crippen LogP contribution in [0.25, 0.3) is 0 Å². The summed E-state index contributed by atoms with van der Waals surface area (Å²) >= 11 is 1.46. The number of nitrogens with zero attached hydrogens (tertiary/aromatic N) is 1. The van der Waals surface area contributed by atoms with E-state index in [1.54, 1.807) is 6.20 Å². The normalized spacial score (nSPS) is 12.2. The van der Waals surface area contributed by atoms with Gasteiger partial charge in [0.1, 0.15) is 0 Å². The zero-order valence-corrected chi connectivity index (χ0v) is 13.4. The van der Waals surface area contributed by atoms with E-state index in [1.807, 2.05) is 43.3 Å². The number of rotatable bonds is 5. The van der Waals surface area contributed by atoms with E-state index in [1.165, 1.54) is 11.8 Å². The van der Waals surface area contributed by atoms with Gasteiger partial charge in [0.05, 0.1) is 10.3 Å². The number of carbonyl (C=O) groups excluding carboxylic acids is 1. The molecule has 0 bridgehead atoms. The van der Waals surface area contributed by atoms with Crippen molar-refractivity contribution in [3.05, 3.63) is 54.2 Å². The molecule has 1 unspecified atom stereocenters. The van der Waals surface area contributed by atoms with Crippen molar-refractivity contribution in [3.63, 3.8) is 0 Å². The first-order valence-electron chi connectivity index (χ1n) is 7.05. The third-order valence-electron chi connectivity index (χ3n) is 3.15. The van der Waals surface area contributed by atoms with Crippen molar-refractivity contribution < 1.29 is 4.79 Å². The highest BCUT2D eigenvalue weighted by Crippen LogP contribution is 2.26. The van der Waals surface area contributed by atoms with E-state index >= 15 is 0 Å². The third kappa shape index (κ3) is 4.33. The lowest BCUT2D eigenvalue weighted by molar-refractivity contribution is -0.115. The van der Waals surface area contributed by atoms with Crippen LogP contribution >= 0.6 is 11.8 Å². The van der Waals surface area contributed by atoms with Crippen LogP contribution in [0.3, 0.4) is 0 Å². The Balaban J connectivity index is 2.04. The van der Waals surface area contributed by atoms with Gasteiger partial charge in [-0.15, -0.1) is 0 Å². The molecule has 1 N–H and O–H groups in total. The lowest BCUT2D eigenvalue weighted by atomic mass is 10.0. The summed E-state index contributed by atoms with van der Waals surface area (Å²) in [6.45, 7) is 6.14. The fourth-order valence-electron chi connectivity index (χ4n) is 2.00. The Morgan fingerprint density at radius 1 is 1.10 bits per heavy atom. The molecule has 1 atom stereocenters. The van der Waals surface area contributed by atoms with Gasteiger partial charge in [0, 0.05) is 11.9 Å². The van der Waals surface area contributed by atoms with Crippen molar-refractivity contribution in [3.8, 4) is 0 Å². The number of thioether (sulfide) groups is 1. The molecule has 0 aliphatic rings. The van der Waals surface area contributed by atoms with Crippen LogP contribution < -0.4 is 5.32 Å². The van der Waals surface area contributed by atoms with Crippen LogP contribution in [-0.2, 0) is 4.79 Å². The van der Waals surface area contributed by atoms with E-state index in [4.69, 9.17) is 0 Å². The zero-order chi connectivity index (χ0) is 15.2. The van der Waals surface area contributed by atoms with Gasteiger partial charge in [-0.25, -0.2) is 4.98 Å². The first kappa shape index (κ1) is 15.6. The SMILES string of the molecule is CC(Sc1ccccn1)C(=O)Nc1ccccc1C(C)C. The molecule has 3 nitrogen and oxygen atoms in total. The van der Waals surface area contributed by atoms with Crippen molar-refractivity contribution in [2.75, 3.05) is 5.32 Å². The second kappa shape index (κ2) is 7.27. The van der Waals surface area contributed by atoms with Gasteiger partial charge < -0.3 is 5.32 Å². The molecule has 0 fully saturated rings. The highest BCUT2D eigenvalue weighted by Gasteiger charge is 2.16. The summed E-state index contributed by atoms with van der Waals surface area (Å²) in [5, 5.41) is 3.69. The van der Waals surface area contributed by atoms with Crippen LogP contribution in [0.2, 0.25) is 0 Å². The topological polar surface area (TPSA) is 42.0 Å². The van der Waals surface area contributed by atoms with Crippen LogP contribution in [-0.4, -0.2) is 16.1 Å². The Hall–Kier alpha value is -1.81. The van der Waals surface area contributed by atoms with Crippen molar-refractivity contribution in [2.24, 2.45) is 0 Å². The number of anilines is 1. The zero-order valence-electron chi connectivity index (χ0n) is 12.5. The molecule has 2 rings (SSSR count). The third-order valence-corrected chi connectivity index (χ3v) is 4.20. The Morgan fingerprint density at radius 3 is 2.48 bits per heavy atom. The predicted molar refractivity (Wildman–Crippen MR) is 88.7 cm³/mol. The lowest BCUT2D eigenvalue weighted by Gasteiger charge is -2.16. The van der Waals surface area contributed by atoms with E-state index in [2.05, 4.69) is 30.2 Å². The lowest BCUT2D eigenvalue weighted by Crippen LogP contribution is -2.23. The number of amides is 1. The van der Waals surface area contributed by atoms with E-state index in [0.717, 1.165) is 16.3 Å². The monoisotopic (exact) mass is 300 g/mol. The minimum Gasteiger partial charge on any atom is -0.325 e. The van der Waals surface area contributed by atoms with Crippen molar-refractivity contribution >= 4 is 23.4 Å². The largest absolute Gasteiger partial charge is 0.325 e. The fraction of sp³-hybridized carbons (Fsp3) is 0.294. The number of aromatic nitrogens is 1. The molecule has 1 aromatic heterocycles. The summed E-state index contributed by atoms with van der Waals surface area (Å²) in [6.07, 6.45) is 1.74. The van der Waals surface area contributed by atoms with Gasteiger partial charge in [-0.2, -0.15) is 0 Å². The van der Waals surface area contributed by atoms with Gasteiger partial charge in [0.2, 0.25) is 5.91 Å². The predicted octanol–water partition coefficient (Wildman–Crippen LogP) is 4.32. The molecular formula is C17H20N2OS. The molecule has 21 heavy (non-hydrogen) atoms. The number of carbonyl (C=O) groups is 1. The molecule has 0 saturated heterocycles. The van der Waals surface area contributed by atoms with Gasteiger partial charge in [0.15, 0.2) is 0 Å². The molecule has 1 heterocycles. The maximum absolute atomic E-state index is 12.3. The summed E-state index contributed by atoms with van der Waals surface area (Å²) < 4.78 is 0. The first-order chi connectivity index (χ1) is 10.1. The van der Waals surface area contributed by atoms with E-state index < -0.39 is 0 Å². The number of hydrogen-bond acceptors (Lipinski definition) is 3. The smallest absolute Gasteiger partial charge is 0.237 e.